The summed E-state index contributed by atoms with van der Waals surface area (Å²) in [7, 11) is -1.29. The Hall–Kier alpha value is -0.680. The second-order valence-corrected chi connectivity index (χ2v) is 6.41. The van der Waals surface area contributed by atoms with Crippen molar-refractivity contribution >= 4 is 8.53 Å². The molecule has 0 aliphatic carbocycles. The van der Waals surface area contributed by atoms with Crippen molar-refractivity contribution in [3.63, 3.8) is 0 Å². The number of hydrogen-bond acceptors (Lipinski definition) is 4. The van der Waals surface area contributed by atoms with Crippen LogP contribution in [0.25, 0.3) is 4.85 Å². The topological polar surface area (TPSA) is 35.3 Å². The predicted octanol–water partition coefficient (Wildman–Crippen LogP) is 3.32. The fourth-order valence-corrected chi connectivity index (χ4v) is 3.30. The fraction of sp³-hybridized carbons (Fsp3) is 0.800. The Bertz CT molecular complexity index is 361. The van der Waals surface area contributed by atoms with Gasteiger partial charge in [-0.3, -0.25) is 0 Å². The fourth-order valence-electron chi connectivity index (χ4n) is 1.67. The normalized spacial score (nSPS) is 14.8. The summed E-state index contributed by atoms with van der Waals surface area (Å²) in [5.74, 6) is 2.39. The number of nitrogens with zero attached hydrogens (tertiary/aromatic N) is 2. The quantitative estimate of drug-likeness (QED) is 0.254. The molecule has 0 amide bonds. The molecule has 6 heteroatoms. The van der Waals surface area contributed by atoms with Gasteiger partial charge < -0.3 is 18.6 Å². The number of rotatable bonds is 11. The molecule has 0 spiro atoms. The Balaban J connectivity index is 4.70. The highest BCUT2D eigenvalue weighted by atomic mass is 31.2. The summed E-state index contributed by atoms with van der Waals surface area (Å²) in [6, 6.07) is 0.500. The molecular weight excluding hydrogens is 287 g/mol. The first kappa shape index (κ1) is 18.4. The molecule has 0 N–H and O–H groups in total. The largest absolute Gasteiger partial charge is 0.363 e. The second-order valence-electron chi connectivity index (χ2n) is 4.95. The van der Waals surface area contributed by atoms with Crippen LogP contribution in [0.3, 0.4) is 0 Å². The van der Waals surface area contributed by atoms with E-state index in [0.29, 0.717) is 13.2 Å². The van der Waals surface area contributed by atoms with Gasteiger partial charge in [0.15, 0.2) is 0 Å². The summed E-state index contributed by atoms with van der Waals surface area (Å²) < 4.78 is 26.6. The van der Waals surface area contributed by atoms with Crippen molar-refractivity contribution in [2.24, 2.45) is 0 Å². The van der Waals surface area contributed by atoms with Crippen LogP contribution in [-0.4, -0.2) is 49.2 Å². The third-order valence-electron chi connectivity index (χ3n) is 2.42. The minimum Gasteiger partial charge on any atom is -0.363 e. The molecule has 5 nitrogen and oxygen atoms in total. The van der Waals surface area contributed by atoms with E-state index >= 15 is 0 Å². The van der Waals surface area contributed by atoms with Crippen molar-refractivity contribution in [2.75, 3.05) is 26.4 Å². The lowest BCUT2D eigenvalue weighted by Gasteiger charge is -2.35. The average Bonchev–Trinajstić information content (AvgIpc) is 2.46. The third kappa shape index (κ3) is 9.04. The summed E-state index contributed by atoms with van der Waals surface area (Å²) in [5, 5.41) is 0. The van der Waals surface area contributed by atoms with E-state index in [2.05, 4.69) is 43.1 Å². The molecule has 0 aromatic carbocycles. The van der Waals surface area contributed by atoms with Gasteiger partial charge in [0, 0.05) is 13.5 Å². The Morgan fingerprint density at radius 2 is 2.00 bits per heavy atom. The molecule has 0 heterocycles. The first-order valence-corrected chi connectivity index (χ1v) is 8.12. The van der Waals surface area contributed by atoms with E-state index in [1.165, 1.54) is 0 Å². The highest BCUT2D eigenvalue weighted by Gasteiger charge is 2.27. The molecule has 2 atom stereocenters. The van der Waals surface area contributed by atoms with Crippen LogP contribution in [-0.2, 0) is 13.8 Å². The van der Waals surface area contributed by atoms with Crippen molar-refractivity contribution in [1.29, 1.82) is 0 Å². The molecule has 0 aromatic heterocycles. The molecule has 0 radical (unpaired) electrons. The zero-order chi connectivity index (χ0) is 17.0. The molecule has 0 bridgehead atoms. The lowest BCUT2D eigenvalue weighted by Crippen LogP contribution is -2.34. The zero-order valence-corrected chi connectivity index (χ0v) is 14.3. The zero-order valence-electron chi connectivity index (χ0n) is 14.4. The Labute approximate surface area is 132 Å². The minimum atomic E-state index is -1.29. The lowest BCUT2D eigenvalue weighted by molar-refractivity contribution is 0.0443. The van der Waals surface area contributed by atoms with Crippen molar-refractivity contribution in [3.8, 4) is 12.3 Å². The van der Waals surface area contributed by atoms with Gasteiger partial charge in [0.05, 0.1) is 12.7 Å². The van der Waals surface area contributed by atoms with Gasteiger partial charge in [-0.2, -0.15) is 0 Å². The van der Waals surface area contributed by atoms with Gasteiger partial charge in [-0.05, 0) is 34.6 Å². The molecule has 0 aliphatic rings. The smallest absolute Gasteiger partial charge is 0.259 e. The first-order valence-electron chi connectivity index (χ1n) is 7.70. The van der Waals surface area contributed by atoms with Gasteiger partial charge in [0.25, 0.3) is 8.53 Å². The Morgan fingerprint density at radius 3 is 2.48 bits per heavy atom. The SMILES string of the molecule is [2H]C[C@@H](COP(OCC[N+]#[C-])N(C(C)C)C(C)C)OCC#C. The van der Waals surface area contributed by atoms with Gasteiger partial charge >= 0.3 is 0 Å². The highest BCUT2D eigenvalue weighted by Crippen LogP contribution is 2.45. The van der Waals surface area contributed by atoms with E-state index < -0.39 is 8.53 Å². The van der Waals surface area contributed by atoms with E-state index in [1.807, 2.05) is 0 Å². The Kier molecular flexibility index (Phi) is 10.4. The summed E-state index contributed by atoms with van der Waals surface area (Å²) >= 11 is 0. The van der Waals surface area contributed by atoms with E-state index in [0.717, 1.165) is 0 Å². The first-order chi connectivity index (χ1) is 10.5. The van der Waals surface area contributed by atoms with Crippen LogP contribution in [0.5, 0.6) is 0 Å². The number of ether oxygens (including phenoxy) is 1. The summed E-state index contributed by atoms with van der Waals surface area (Å²) in [4.78, 5) is 3.29. The summed E-state index contributed by atoms with van der Waals surface area (Å²) in [5.41, 5.74) is 0. The number of hydrogen-bond donors (Lipinski definition) is 0. The standard InChI is InChI=1S/C15H27N2O3P/c1-8-10-18-15(6)12-20-21(19-11-9-16-7)17(13(2)3)14(4)5/h1,13-15H,9-12H2,2-6H3/t15-,21?/m0/s1/i6D. The maximum atomic E-state index is 7.47. The van der Waals surface area contributed by atoms with Crippen LogP contribution in [0.2, 0.25) is 0 Å². The van der Waals surface area contributed by atoms with Crippen LogP contribution in [0.4, 0.5) is 0 Å². The molecule has 0 rings (SSSR count). The van der Waals surface area contributed by atoms with Gasteiger partial charge in [0.1, 0.15) is 13.2 Å². The van der Waals surface area contributed by atoms with Gasteiger partial charge in [0.2, 0.25) is 6.54 Å². The maximum absolute atomic E-state index is 7.47. The summed E-state index contributed by atoms with van der Waals surface area (Å²) in [6.45, 7) is 16.3. The van der Waals surface area contributed by atoms with E-state index in [-0.39, 0.29) is 38.3 Å². The molecule has 120 valence electrons. The molecule has 0 saturated carbocycles. The van der Waals surface area contributed by atoms with Crippen LogP contribution in [0.15, 0.2) is 0 Å². The van der Waals surface area contributed by atoms with Crippen LogP contribution in [0.1, 0.15) is 36.0 Å². The molecule has 0 aliphatic heterocycles. The minimum absolute atomic E-state index is 0.0796. The third-order valence-corrected chi connectivity index (χ3v) is 4.50. The molecule has 0 aromatic rings. The lowest BCUT2D eigenvalue weighted by atomic mass is 10.3. The van der Waals surface area contributed by atoms with E-state index in [9.17, 15) is 0 Å². The summed E-state index contributed by atoms with van der Waals surface area (Å²) in [6.07, 6.45) is 4.79. The molecule has 0 saturated heterocycles. The average molecular weight is 315 g/mol. The van der Waals surface area contributed by atoms with Crippen LogP contribution < -0.4 is 0 Å². The van der Waals surface area contributed by atoms with Gasteiger partial charge in [-0.15, -0.1) is 6.42 Å². The second kappa shape index (κ2) is 11.9. The van der Waals surface area contributed by atoms with E-state index in [4.69, 9.17) is 28.2 Å². The van der Waals surface area contributed by atoms with Crippen molar-refractivity contribution < 1.29 is 15.2 Å². The molecular formula is C15H27N2O3P. The van der Waals surface area contributed by atoms with Gasteiger partial charge in [-0.1, -0.05) is 5.92 Å². The maximum Gasteiger partial charge on any atom is 0.259 e. The molecule has 0 fully saturated rings. The van der Waals surface area contributed by atoms with Crippen LogP contribution in [0, 0.1) is 18.9 Å². The molecule has 21 heavy (non-hydrogen) atoms. The predicted molar refractivity (Wildman–Crippen MR) is 86.7 cm³/mol. The van der Waals surface area contributed by atoms with E-state index in [1.54, 1.807) is 0 Å². The Morgan fingerprint density at radius 1 is 1.33 bits per heavy atom. The highest BCUT2D eigenvalue weighted by molar-refractivity contribution is 7.44. The molecule has 1 unspecified atom stereocenters. The van der Waals surface area contributed by atoms with Crippen molar-refractivity contribution in [1.82, 2.24) is 4.67 Å². The van der Waals surface area contributed by atoms with Crippen molar-refractivity contribution in [2.45, 2.75) is 52.8 Å². The van der Waals surface area contributed by atoms with Crippen LogP contribution >= 0.6 is 8.53 Å². The van der Waals surface area contributed by atoms with Gasteiger partial charge in [-0.25, -0.2) is 11.2 Å². The monoisotopic (exact) mass is 315 g/mol. The number of terminal acetylenes is 1. The van der Waals surface area contributed by atoms with Crippen molar-refractivity contribution in [3.05, 3.63) is 11.4 Å².